The van der Waals surface area contributed by atoms with Crippen molar-refractivity contribution in [2.24, 2.45) is 11.3 Å². The summed E-state index contributed by atoms with van der Waals surface area (Å²) in [6.45, 7) is 10.3. The van der Waals surface area contributed by atoms with E-state index in [1.165, 1.54) is 11.1 Å². The van der Waals surface area contributed by atoms with Crippen LogP contribution in [0.1, 0.15) is 70.9 Å². The van der Waals surface area contributed by atoms with E-state index in [0.29, 0.717) is 19.8 Å². The standard InChI is InChI=1S/C36H47IO5/c1-26(8-7-9-27(2)21-37)18-19-36(4)20-35(42-24-30-12-16-32(40-6)17-13-30)33(22-38)34(28(36)3)25-41-23-29-10-14-31(39-5)15-11-29/h8,10-17,21-22,28,35H,7,9,18-20,23-25H2,1-6H3/b26-8+,27-21+/t28-,35?,36-/m1/s1. The fraction of sp³-hybridized carbons (Fsp3) is 0.472. The van der Waals surface area contributed by atoms with Gasteiger partial charge in [0.2, 0.25) is 0 Å². The van der Waals surface area contributed by atoms with Crippen LogP contribution in [0.5, 0.6) is 11.5 Å². The van der Waals surface area contributed by atoms with Crippen molar-refractivity contribution in [3.05, 3.63) is 92.1 Å². The maximum absolute atomic E-state index is 12.6. The van der Waals surface area contributed by atoms with Crippen LogP contribution in [0.3, 0.4) is 0 Å². The average Bonchev–Trinajstić information content (AvgIpc) is 3.01. The molecule has 1 aliphatic carbocycles. The highest BCUT2D eigenvalue weighted by atomic mass is 127. The lowest BCUT2D eigenvalue weighted by molar-refractivity contribution is -0.107. The van der Waals surface area contributed by atoms with E-state index in [1.807, 2.05) is 48.5 Å². The third-order valence-electron chi connectivity index (χ3n) is 8.67. The zero-order valence-electron chi connectivity index (χ0n) is 26.1. The fourth-order valence-corrected chi connectivity index (χ4v) is 5.83. The Hall–Kier alpha value is -2.42. The van der Waals surface area contributed by atoms with Gasteiger partial charge >= 0.3 is 0 Å². The molecule has 1 aliphatic rings. The van der Waals surface area contributed by atoms with Crippen LogP contribution in [0.15, 0.2) is 81.0 Å². The molecule has 0 aliphatic heterocycles. The maximum Gasteiger partial charge on any atom is 0.148 e. The Bertz CT molecular complexity index is 1230. The van der Waals surface area contributed by atoms with E-state index in [0.717, 1.165) is 72.2 Å². The van der Waals surface area contributed by atoms with Crippen LogP contribution >= 0.6 is 22.6 Å². The third-order valence-corrected chi connectivity index (χ3v) is 9.73. The summed E-state index contributed by atoms with van der Waals surface area (Å²) >= 11 is 2.31. The van der Waals surface area contributed by atoms with Gasteiger partial charge in [-0.1, -0.05) is 77.9 Å². The largest absolute Gasteiger partial charge is 0.497 e. The summed E-state index contributed by atoms with van der Waals surface area (Å²) in [5.41, 5.74) is 6.69. The highest BCUT2D eigenvalue weighted by molar-refractivity contribution is 14.1. The van der Waals surface area contributed by atoms with Crippen molar-refractivity contribution in [1.29, 1.82) is 0 Å². The molecule has 42 heavy (non-hydrogen) atoms. The first kappa shape index (κ1) is 34.1. The van der Waals surface area contributed by atoms with Gasteiger partial charge in [0, 0.05) is 5.57 Å². The number of aldehydes is 1. The summed E-state index contributed by atoms with van der Waals surface area (Å²) in [6, 6.07) is 15.8. The molecule has 6 heteroatoms. The van der Waals surface area contributed by atoms with Crippen LogP contribution in [0.4, 0.5) is 0 Å². The molecule has 0 radical (unpaired) electrons. The van der Waals surface area contributed by atoms with Gasteiger partial charge in [-0.25, -0.2) is 0 Å². The van der Waals surface area contributed by atoms with Crippen molar-refractivity contribution in [2.75, 3.05) is 20.8 Å². The van der Waals surface area contributed by atoms with Crippen LogP contribution in [0.2, 0.25) is 0 Å². The van der Waals surface area contributed by atoms with Crippen molar-refractivity contribution >= 4 is 28.9 Å². The molecule has 3 atom stereocenters. The molecule has 0 spiro atoms. The number of hydrogen-bond acceptors (Lipinski definition) is 5. The first-order chi connectivity index (χ1) is 20.2. The van der Waals surface area contributed by atoms with Gasteiger partial charge < -0.3 is 18.9 Å². The molecule has 5 nitrogen and oxygen atoms in total. The molecule has 0 aromatic heterocycles. The zero-order chi connectivity index (χ0) is 30.5. The minimum absolute atomic E-state index is 0.0387. The summed E-state index contributed by atoms with van der Waals surface area (Å²) in [5.74, 6) is 1.82. The molecule has 0 amide bonds. The van der Waals surface area contributed by atoms with Crippen LogP contribution in [-0.4, -0.2) is 33.2 Å². The number of hydrogen-bond donors (Lipinski definition) is 0. The van der Waals surface area contributed by atoms with E-state index >= 15 is 0 Å². The molecule has 2 aromatic rings. The lowest BCUT2D eigenvalue weighted by Gasteiger charge is -2.45. The second kappa shape index (κ2) is 17.0. The van der Waals surface area contributed by atoms with Crippen LogP contribution in [0, 0.1) is 11.3 Å². The van der Waals surface area contributed by atoms with Gasteiger partial charge in [-0.2, -0.15) is 0 Å². The van der Waals surface area contributed by atoms with Crippen molar-refractivity contribution in [2.45, 2.75) is 79.1 Å². The summed E-state index contributed by atoms with van der Waals surface area (Å²) in [7, 11) is 3.32. The van der Waals surface area contributed by atoms with E-state index in [1.54, 1.807) is 14.2 Å². The van der Waals surface area contributed by atoms with E-state index < -0.39 is 0 Å². The molecular formula is C36H47IO5. The molecule has 0 saturated heterocycles. The van der Waals surface area contributed by atoms with Crippen LogP contribution in [0.25, 0.3) is 0 Å². The predicted molar refractivity (Wildman–Crippen MR) is 179 cm³/mol. The number of allylic oxidation sites excluding steroid dienone is 3. The van der Waals surface area contributed by atoms with Gasteiger partial charge in [-0.05, 0) is 102 Å². The molecule has 2 aromatic carbocycles. The van der Waals surface area contributed by atoms with Gasteiger partial charge in [0.15, 0.2) is 0 Å². The molecule has 0 saturated carbocycles. The Labute approximate surface area is 266 Å². The zero-order valence-corrected chi connectivity index (χ0v) is 28.2. The number of benzene rings is 2. The summed E-state index contributed by atoms with van der Waals surface area (Å²) < 4.78 is 25.5. The summed E-state index contributed by atoms with van der Waals surface area (Å²) in [4.78, 5) is 12.6. The molecule has 0 heterocycles. The molecule has 228 valence electrons. The molecular weight excluding hydrogens is 639 g/mol. The highest BCUT2D eigenvalue weighted by Gasteiger charge is 2.42. The van der Waals surface area contributed by atoms with Crippen molar-refractivity contribution in [1.82, 2.24) is 0 Å². The number of carbonyl (C=O) groups excluding carboxylic acids is 1. The Kier molecular flexibility index (Phi) is 13.8. The number of carbonyl (C=O) groups is 1. The average molecular weight is 687 g/mol. The minimum atomic E-state index is -0.286. The number of ether oxygens (including phenoxy) is 4. The normalized spacial score (nSPS) is 21.4. The highest BCUT2D eigenvalue weighted by Crippen LogP contribution is 2.48. The van der Waals surface area contributed by atoms with E-state index in [-0.39, 0.29) is 17.4 Å². The molecule has 3 rings (SSSR count). The molecule has 0 fully saturated rings. The van der Waals surface area contributed by atoms with Crippen molar-refractivity contribution < 1.29 is 23.7 Å². The topological polar surface area (TPSA) is 54.0 Å². The van der Waals surface area contributed by atoms with Crippen LogP contribution < -0.4 is 9.47 Å². The Morgan fingerprint density at radius 3 is 2.05 bits per heavy atom. The van der Waals surface area contributed by atoms with Crippen molar-refractivity contribution in [3.63, 3.8) is 0 Å². The van der Waals surface area contributed by atoms with E-state index in [9.17, 15) is 4.79 Å². The van der Waals surface area contributed by atoms with Gasteiger partial charge in [-0.15, -0.1) is 0 Å². The Balaban J connectivity index is 1.78. The number of rotatable bonds is 16. The SMILES string of the molecule is COc1ccc(COCC2=C(C=O)C(OCc3ccc(OC)cc3)C[C@@](C)(CC/C(C)=C/CC/C(C)=C/I)[C@@H]2C)cc1. The molecule has 1 unspecified atom stereocenters. The second-order valence-corrected chi connectivity index (χ2v) is 12.3. The van der Waals surface area contributed by atoms with Crippen molar-refractivity contribution in [3.8, 4) is 11.5 Å². The van der Waals surface area contributed by atoms with Crippen LogP contribution in [-0.2, 0) is 27.5 Å². The smallest absolute Gasteiger partial charge is 0.148 e. The first-order valence-corrected chi connectivity index (χ1v) is 16.0. The monoisotopic (exact) mass is 686 g/mol. The lowest BCUT2D eigenvalue weighted by atomic mass is 9.62. The van der Waals surface area contributed by atoms with E-state index in [4.69, 9.17) is 18.9 Å². The van der Waals surface area contributed by atoms with Gasteiger partial charge in [0.05, 0.1) is 40.1 Å². The molecule has 0 bridgehead atoms. The van der Waals surface area contributed by atoms with Gasteiger partial charge in [-0.3, -0.25) is 4.79 Å². The Morgan fingerprint density at radius 1 is 0.905 bits per heavy atom. The van der Waals surface area contributed by atoms with Gasteiger partial charge in [0.1, 0.15) is 17.8 Å². The quantitative estimate of drug-likeness (QED) is 0.100. The Morgan fingerprint density at radius 2 is 1.50 bits per heavy atom. The second-order valence-electron chi connectivity index (χ2n) is 11.7. The predicted octanol–water partition coefficient (Wildman–Crippen LogP) is 9.19. The summed E-state index contributed by atoms with van der Waals surface area (Å²) in [5, 5.41) is 0. The number of methoxy groups -OCH3 is 2. The molecule has 0 N–H and O–H groups in total. The summed E-state index contributed by atoms with van der Waals surface area (Å²) in [6.07, 6.45) is 8.09. The fourth-order valence-electron chi connectivity index (χ4n) is 5.52. The van der Waals surface area contributed by atoms with Gasteiger partial charge in [0.25, 0.3) is 0 Å². The third kappa shape index (κ3) is 9.81. The lowest BCUT2D eigenvalue weighted by Crippen LogP contribution is -2.40. The van der Waals surface area contributed by atoms with E-state index in [2.05, 4.69) is 60.4 Å². The maximum atomic E-state index is 12.6. The first-order valence-electron chi connectivity index (χ1n) is 14.8. The minimum Gasteiger partial charge on any atom is -0.497 e. The number of halogens is 1.